The van der Waals surface area contributed by atoms with Crippen molar-refractivity contribution >= 4 is 16.6 Å². The fourth-order valence-electron chi connectivity index (χ4n) is 2.45. The number of aliphatic hydroxyl groups is 2. The molecule has 178 valence electrons. The lowest BCUT2D eigenvalue weighted by Gasteiger charge is -2.39. The van der Waals surface area contributed by atoms with Crippen molar-refractivity contribution in [2.24, 2.45) is 0 Å². The van der Waals surface area contributed by atoms with Gasteiger partial charge in [0.05, 0.1) is 24.9 Å². The Labute approximate surface area is 189 Å². The van der Waals surface area contributed by atoms with Crippen molar-refractivity contribution in [3.05, 3.63) is 24.3 Å². The van der Waals surface area contributed by atoms with E-state index < -0.39 is 16.6 Å². The summed E-state index contributed by atoms with van der Waals surface area (Å²) in [5.41, 5.74) is 0. The maximum absolute atomic E-state index is 9.65. The van der Waals surface area contributed by atoms with Crippen LogP contribution in [0.2, 0.25) is 36.3 Å². The molecule has 0 spiro atoms. The van der Waals surface area contributed by atoms with Gasteiger partial charge in [-0.3, -0.25) is 0 Å². The molecule has 0 aliphatic heterocycles. The zero-order chi connectivity index (χ0) is 23.8. The average molecular weight is 459 g/mol. The molecule has 4 nitrogen and oxygen atoms in total. The summed E-state index contributed by atoms with van der Waals surface area (Å²) in [6.45, 7) is 24.3. The van der Waals surface area contributed by atoms with Crippen LogP contribution < -0.4 is 0 Å². The van der Waals surface area contributed by atoms with Crippen molar-refractivity contribution in [2.45, 2.75) is 122 Å². The molecule has 0 aromatic heterocycles. The summed E-state index contributed by atoms with van der Waals surface area (Å²) in [7, 11) is -3.88. The van der Waals surface area contributed by atoms with E-state index in [1.165, 1.54) is 0 Å². The normalized spacial score (nSPS) is 17.6. The molecular formula is C24H50O4Si2. The van der Waals surface area contributed by atoms with Gasteiger partial charge in [0.1, 0.15) is 0 Å². The molecule has 0 unspecified atom stereocenters. The molecule has 0 amide bonds. The average Bonchev–Trinajstić information content (AvgIpc) is 2.54. The smallest absolute Gasteiger partial charge is 0.193 e. The Morgan fingerprint density at radius 2 is 1.30 bits per heavy atom. The predicted molar refractivity (Wildman–Crippen MR) is 135 cm³/mol. The highest BCUT2D eigenvalue weighted by Gasteiger charge is 2.40. The van der Waals surface area contributed by atoms with Crippen molar-refractivity contribution in [3.8, 4) is 0 Å². The second-order valence-corrected chi connectivity index (χ2v) is 21.0. The second kappa shape index (κ2) is 12.1. The zero-order valence-electron chi connectivity index (χ0n) is 21.6. The molecule has 0 aliphatic rings. The van der Waals surface area contributed by atoms with Crippen LogP contribution >= 0.6 is 0 Å². The fraction of sp³-hybridized carbons (Fsp3) is 0.833. The van der Waals surface area contributed by atoms with Gasteiger partial charge in [0, 0.05) is 0 Å². The van der Waals surface area contributed by atoms with Gasteiger partial charge in [-0.15, -0.1) is 0 Å². The van der Waals surface area contributed by atoms with Gasteiger partial charge < -0.3 is 19.1 Å². The van der Waals surface area contributed by atoms with Crippen LogP contribution in [0, 0.1) is 0 Å². The lowest BCUT2D eigenvalue weighted by Crippen LogP contribution is -2.44. The third-order valence-corrected chi connectivity index (χ3v) is 15.5. The summed E-state index contributed by atoms with van der Waals surface area (Å²) in [4.78, 5) is 0. The number of hydrogen-bond acceptors (Lipinski definition) is 4. The molecule has 0 radical (unpaired) electrons. The Balaban J connectivity index is 5.59. The minimum atomic E-state index is -1.96. The molecule has 0 fully saturated rings. The third kappa shape index (κ3) is 10.9. The van der Waals surface area contributed by atoms with E-state index in [0.717, 1.165) is 19.3 Å². The predicted octanol–water partition coefficient (Wildman–Crippen LogP) is 6.42. The van der Waals surface area contributed by atoms with Crippen LogP contribution in [0.3, 0.4) is 0 Å². The molecule has 3 atom stereocenters. The monoisotopic (exact) mass is 458 g/mol. The molecular weight excluding hydrogens is 408 g/mol. The molecule has 0 bridgehead atoms. The van der Waals surface area contributed by atoms with Crippen LogP contribution in [0.5, 0.6) is 0 Å². The van der Waals surface area contributed by atoms with Gasteiger partial charge in [0.2, 0.25) is 0 Å². The Kier molecular flexibility index (Phi) is 12.0. The van der Waals surface area contributed by atoms with Crippen LogP contribution in [-0.4, -0.2) is 51.8 Å². The molecule has 0 rings (SSSR count). The minimum Gasteiger partial charge on any atom is -0.411 e. The number of rotatable bonds is 12. The summed E-state index contributed by atoms with van der Waals surface area (Å²) < 4.78 is 13.3. The van der Waals surface area contributed by atoms with E-state index in [2.05, 4.69) is 79.9 Å². The molecule has 0 saturated heterocycles. The topological polar surface area (TPSA) is 58.9 Å². The van der Waals surface area contributed by atoms with Gasteiger partial charge in [-0.2, -0.15) is 0 Å². The Bertz CT molecular complexity index is 540. The van der Waals surface area contributed by atoms with E-state index in [-0.39, 0.29) is 35.0 Å². The molecule has 6 heteroatoms. The van der Waals surface area contributed by atoms with Gasteiger partial charge in [-0.25, -0.2) is 0 Å². The van der Waals surface area contributed by atoms with Crippen molar-refractivity contribution in [1.82, 2.24) is 0 Å². The van der Waals surface area contributed by atoms with E-state index in [1.54, 1.807) is 6.08 Å². The fourth-order valence-corrected chi connectivity index (χ4v) is 4.95. The SMILES string of the molecule is C[C@H](O)CCC[C@H](/C=C\[C@@H](/C=C/CO)O[Si](C)(C)C(C)(C)C)O[Si](C)(C)C(C)(C)C. The highest BCUT2D eigenvalue weighted by Crippen LogP contribution is 2.39. The highest BCUT2D eigenvalue weighted by atomic mass is 28.4. The molecule has 2 N–H and O–H groups in total. The first-order chi connectivity index (χ1) is 13.4. The summed E-state index contributed by atoms with van der Waals surface area (Å²) in [6.07, 6.45) is 10.0. The molecule has 0 aromatic rings. The first kappa shape index (κ1) is 29.8. The lowest BCUT2D eigenvalue weighted by atomic mass is 10.1. The molecule has 0 heterocycles. The van der Waals surface area contributed by atoms with Crippen LogP contribution in [0.25, 0.3) is 0 Å². The largest absolute Gasteiger partial charge is 0.411 e. The maximum Gasteiger partial charge on any atom is 0.193 e. The minimum absolute atomic E-state index is 0.00214. The van der Waals surface area contributed by atoms with Gasteiger partial charge in [-0.1, -0.05) is 65.8 Å². The quantitative estimate of drug-likeness (QED) is 0.261. The van der Waals surface area contributed by atoms with Gasteiger partial charge >= 0.3 is 0 Å². The van der Waals surface area contributed by atoms with Gasteiger partial charge in [-0.05, 0) is 62.5 Å². The van der Waals surface area contributed by atoms with Crippen LogP contribution in [0.1, 0.15) is 67.7 Å². The van der Waals surface area contributed by atoms with Crippen LogP contribution in [-0.2, 0) is 8.85 Å². The van der Waals surface area contributed by atoms with Gasteiger partial charge in [0.15, 0.2) is 16.6 Å². The van der Waals surface area contributed by atoms with E-state index in [0.29, 0.717) is 0 Å². The molecule has 30 heavy (non-hydrogen) atoms. The van der Waals surface area contributed by atoms with Crippen molar-refractivity contribution in [3.63, 3.8) is 0 Å². The first-order valence-corrected chi connectivity index (χ1v) is 17.2. The second-order valence-electron chi connectivity index (χ2n) is 11.5. The van der Waals surface area contributed by atoms with E-state index >= 15 is 0 Å². The summed E-state index contributed by atoms with van der Waals surface area (Å²) in [6, 6.07) is 0. The van der Waals surface area contributed by atoms with Crippen molar-refractivity contribution < 1.29 is 19.1 Å². The van der Waals surface area contributed by atoms with E-state index in [9.17, 15) is 10.2 Å². The van der Waals surface area contributed by atoms with Crippen molar-refractivity contribution in [2.75, 3.05) is 6.61 Å². The third-order valence-electron chi connectivity index (χ3n) is 6.55. The van der Waals surface area contributed by atoms with E-state index in [4.69, 9.17) is 8.85 Å². The number of aliphatic hydroxyl groups excluding tert-OH is 2. The molecule has 0 aromatic carbocycles. The van der Waals surface area contributed by atoms with Crippen LogP contribution in [0.15, 0.2) is 24.3 Å². The maximum atomic E-state index is 9.65. The molecule has 0 aliphatic carbocycles. The van der Waals surface area contributed by atoms with E-state index in [1.807, 2.05) is 13.0 Å². The molecule has 0 saturated carbocycles. The zero-order valence-corrected chi connectivity index (χ0v) is 23.6. The summed E-state index contributed by atoms with van der Waals surface area (Å²) in [5.74, 6) is 0. The number of hydrogen-bond donors (Lipinski definition) is 2. The summed E-state index contributed by atoms with van der Waals surface area (Å²) in [5, 5.41) is 19.2. The van der Waals surface area contributed by atoms with Crippen LogP contribution in [0.4, 0.5) is 0 Å². The van der Waals surface area contributed by atoms with Crippen molar-refractivity contribution in [1.29, 1.82) is 0 Å². The highest BCUT2D eigenvalue weighted by molar-refractivity contribution is 6.74. The Morgan fingerprint density at radius 3 is 1.73 bits per heavy atom. The Hall–Kier alpha value is -0.246. The lowest BCUT2D eigenvalue weighted by molar-refractivity contribution is 0.165. The summed E-state index contributed by atoms with van der Waals surface area (Å²) >= 11 is 0. The Morgan fingerprint density at radius 1 is 0.800 bits per heavy atom. The first-order valence-electron chi connectivity index (χ1n) is 11.4. The standard InChI is InChI=1S/C24H50O4Si2/c1-20(26)14-12-15-21(27-29(8,9)23(2,3)4)17-18-22(16-13-19-25)28-30(10,11)24(5,6)7/h13,16-18,20-22,25-26H,12,14-15,19H2,1-11H3/b16-13+,18-17-/t20-,21+,22+/m0/s1. The van der Waals surface area contributed by atoms with Gasteiger partial charge in [0.25, 0.3) is 0 Å².